The van der Waals surface area contributed by atoms with E-state index in [9.17, 15) is 15.0 Å². The van der Waals surface area contributed by atoms with Crippen LogP contribution < -0.4 is 5.32 Å². The number of carbonyl (C=O) groups is 1. The Hall–Kier alpha value is -1.47. The molecular weight excluding hydrogens is 262 g/mol. The Morgan fingerprint density at radius 1 is 1.10 bits per heavy atom. The molecule has 0 radical (unpaired) electrons. The zero-order valence-corrected chi connectivity index (χ0v) is 11.0. The highest BCUT2D eigenvalue weighted by molar-refractivity contribution is 5.73. The van der Waals surface area contributed by atoms with Gasteiger partial charge in [-0.3, -0.25) is 4.79 Å². The lowest BCUT2D eigenvalue weighted by molar-refractivity contribution is -0.128. The van der Waals surface area contributed by atoms with Crippen molar-refractivity contribution >= 4 is 5.91 Å². The van der Waals surface area contributed by atoms with E-state index in [1.54, 1.807) is 0 Å². The van der Waals surface area contributed by atoms with Crippen LogP contribution in [0, 0.1) is 0 Å². The van der Waals surface area contributed by atoms with Crippen molar-refractivity contribution in [3.8, 4) is 0 Å². The number of carbonyl (C=O) groups excluding carboxylic acids is 1. The Labute approximate surface area is 116 Å². The third-order valence-electron chi connectivity index (χ3n) is 3.74. The second-order valence-corrected chi connectivity index (χ2v) is 5.15. The van der Waals surface area contributed by atoms with Crippen molar-refractivity contribution in [3.05, 3.63) is 35.9 Å². The van der Waals surface area contributed by atoms with Crippen LogP contribution >= 0.6 is 0 Å². The lowest BCUT2D eigenvalue weighted by Crippen LogP contribution is -2.48. The molecule has 2 fully saturated rings. The zero-order chi connectivity index (χ0) is 14.3. The Balaban J connectivity index is 1.74. The van der Waals surface area contributed by atoms with Crippen LogP contribution in [0.5, 0.6) is 0 Å². The summed E-state index contributed by atoms with van der Waals surface area (Å²) in [5.74, 6) is -0.312. The van der Waals surface area contributed by atoms with E-state index in [4.69, 9.17) is 9.47 Å². The van der Waals surface area contributed by atoms with Gasteiger partial charge in [0.05, 0.1) is 6.04 Å². The minimum atomic E-state index is -0.993. The predicted octanol–water partition coefficient (Wildman–Crippen LogP) is -0.291. The molecule has 1 amide bonds. The van der Waals surface area contributed by atoms with Crippen molar-refractivity contribution in [2.45, 2.75) is 43.7 Å². The molecule has 1 saturated carbocycles. The lowest BCUT2D eigenvalue weighted by Gasteiger charge is -2.23. The van der Waals surface area contributed by atoms with Gasteiger partial charge in [0.15, 0.2) is 6.29 Å². The number of hydrogen-bond donors (Lipinski definition) is 3. The molecule has 0 bridgehead atoms. The summed E-state index contributed by atoms with van der Waals surface area (Å²) in [5, 5.41) is 22.9. The molecule has 6 heteroatoms. The number of amides is 1. The first kappa shape index (κ1) is 13.5. The smallest absolute Gasteiger partial charge is 0.217 e. The van der Waals surface area contributed by atoms with Gasteiger partial charge in [0, 0.05) is 12.5 Å². The van der Waals surface area contributed by atoms with Crippen LogP contribution in [0.15, 0.2) is 30.3 Å². The third-order valence-corrected chi connectivity index (χ3v) is 3.74. The van der Waals surface area contributed by atoms with E-state index >= 15 is 0 Å². The molecule has 0 spiro atoms. The molecule has 1 aliphatic heterocycles. The summed E-state index contributed by atoms with van der Waals surface area (Å²) in [4.78, 5) is 11.1. The van der Waals surface area contributed by atoms with Crippen LogP contribution in [0.2, 0.25) is 0 Å². The number of nitrogens with one attached hydrogen (secondary N) is 1. The van der Waals surface area contributed by atoms with Crippen molar-refractivity contribution in [1.29, 1.82) is 0 Å². The molecule has 3 N–H and O–H groups in total. The molecule has 3 rings (SSSR count). The highest BCUT2D eigenvalue weighted by atomic mass is 16.7. The van der Waals surface area contributed by atoms with E-state index < -0.39 is 36.7 Å². The number of ether oxygens (including phenoxy) is 2. The van der Waals surface area contributed by atoms with Gasteiger partial charge in [0.2, 0.25) is 5.91 Å². The van der Waals surface area contributed by atoms with Gasteiger partial charge in [0.1, 0.15) is 24.4 Å². The average molecular weight is 279 g/mol. The summed E-state index contributed by atoms with van der Waals surface area (Å²) in [6, 6.07) is 8.56. The number of aliphatic hydroxyl groups excluding tert-OH is 2. The quantitative estimate of drug-likeness (QED) is 0.692. The van der Waals surface area contributed by atoms with Crippen LogP contribution in [0.1, 0.15) is 18.8 Å². The van der Waals surface area contributed by atoms with Gasteiger partial charge in [0.25, 0.3) is 0 Å². The monoisotopic (exact) mass is 279 g/mol. The Morgan fingerprint density at radius 2 is 1.65 bits per heavy atom. The Kier molecular flexibility index (Phi) is 3.47. The topological polar surface area (TPSA) is 88.0 Å². The highest BCUT2D eigenvalue weighted by Gasteiger charge is 2.56. The summed E-state index contributed by atoms with van der Waals surface area (Å²) < 4.78 is 11.4. The maximum absolute atomic E-state index is 11.1. The number of rotatable bonds is 2. The number of hydrogen-bond acceptors (Lipinski definition) is 5. The fourth-order valence-corrected chi connectivity index (χ4v) is 2.81. The minimum Gasteiger partial charge on any atom is -0.388 e. The average Bonchev–Trinajstić information content (AvgIpc) is 2.96. The first-order chi connectivity index (χ1) is 9.58. The van der Waals surface area contributed by atoms with Gasteiger partial charge in [-0.05, 0) is 0 Å². The fraction of sp³-hybridized carbons (Fsp3) is 0.500. The summed E-state index contributed by atoms with van der Waals surface area (Å²) >= 11 is 0. The molecule has 1 aromatic rings. The van der Waals surface area contributed by atoms with E-state index in [0.717, 1.165) is 5.56 Å². The van der Waals surface area contributed by atoms with Crippen LogP contribution in [-0.2, 0) is 14.3 Å². The summed E-state index contributed by atoms with van der Waals surface area (Å²) in [6.07, 6.45) is -3.88. The Bertz CT molecular complexity index is 476. The molecule has 1 heterocycles. The SMILES string of the molecule is CC(=O)NC1[C@H](O)[C@@H]2OC(c3ccccc3)O[C@@H]2[C@H]1O. The minimum absolute atomic E-state index is 0.312. The Morgan fingerprint density at radius 3 is 2.15 bits per heavy atom. The molecule has 2 unspecified atom stereocenters. The molecule has 2 aliphatic rings. The standard InChI is InChI=1S/C14H17NO5/c1-7(16)15-9-10(17)12-13(11(9)18)20-14(19-12)8-5-3-2-4-6-8/h2-6,9-14,17-18H,1H3,(H,15,16)/t9?,10-,11-,12-,13+,14?/m0/s1. The first-order valence-electron chi connectivity index (χ1n) is 6.57. The molecule has 1 saturated heterocycles. The van der Waals surface area contributed by atoms with Gasteiger partial charge < -0.3 is 25.0 Å². The van der Waals surface area contributed by atoms with Gasteiger partial charge in [-0.2, -0.15) is 0 Å². The molecular formula is C14H17NO5. The van der Waals surface area contributed by atoms with Crippen LogP contribution in [-0.4, -0.2) is 46.6 Å². The molecule has 6 nitrogen and oxygen atoms in total. The van der Waals surface area contributed by atoms with Crippen LogP contribution in [0.4, 0.5) is 0 Å². The maximum atomic E-state index is 11.1. The second-order valence-electron chi connectivity index (χ2n) is 5.15. The molecule has 108 valence electrons. The van der Waals surface area contributed by atoms with Crippen LogP contribution in [0.25, 0.3) is 0 Å². The van der Waals surface area contributed by atoms with Crippen molar-refractivity contribution in [2.24, 2.45) is 0 Å². The number of aliphatic hydroxyl groups is 2. The number of fused-ring (bicyclic) bond motifs is 1. The maximum Gasteiger partial charge on any atom is 0.217 e. The van der Waals surface area contributed by atoms with Gasteiger partial charge in [-0.25, -0.2) is 0 Å². The molecule has 1 aliphatic carbocycles. The summed E-state index contributed by atoms with van der Waals surface area (Å²) in [6.45, 7) is 1.34. The van der Waals surface area contributed by atoms with Gasteiger partial charge in [-0.1, -0.05) is 30.3 Å². The molecule has 6 atom stereocenters. The number of benzene rings is 1. The lowest BCUT2D eigenvalue weighted by atomic mass is 10.1. The van der Waals surface area contributed by atoms with E-state index in [0.29, 0.717) is 0 Å². The summed E-state index contributed by atoms with van der Waals surface area (Å²) in [7, 11) is 0. The largest absolute Gasteiger partial charge is 0.388 e. The normalized spacial score (nSPS) is 34.1. The van der Waals surface area contributed by atoms with Crippen molar-refractivity contribution in [2.75, 3.05) is 0 Å². The van der Waals surface area contributed by atoms with Crippen molar-refractivity contribution < 1.29 is 24.5 Å². The molecule has 0 aromatic heterocycles. The van der Waals surface area contributed by atoms with Gasteiger partial charge in [-0.15, -0.1) is 0 Å². The van der Waals surface area contributed by atoms with E-state index in [2.05, 4.69) is 5.32 Å². The van der Waals surface area contributed by atoms with E-state index in [-0.39, 0.29) is 5.91 Å². The van der Waals surface area contributed by atoms with Gasteiger partial charge >= 0.3 is 0 Å². The van der Waals surface area contributed by atoms with Crippen molar-refractivity contribution in [3.63, 3.8) is 0 Å². The first-order valence-corrected chi connectivity index (χ1v) is 6.57. The summed E-state index contributed by atoms with van der Waals surface area (Å²) in [5.41, 5.74) is 0.831. The highest BCUT2D eigenvalue weighted by Crippen LogP contribution is 2.40. The second kappa shape index (κ2) is 5.14. The zero-order valence-electron chi connectivity index (χ0n) is 11.0. The predicted molar refractivity (Wildman–Crippen MR) is 68.5 cm³/mol. The molecule has 20 heavy (non-hydrogen) atoms. The van der Waals surface area contributed by atoms with Crippen LogP contribution in [0.3, 0.4) is 0 Å². The molecule has 1 aromatic carbocycles. The van der Waals surface area contributed by atoms with E-state index in [1.807, 2.05) is 30.3 Å². The van der Waals surface area contributed by atoms with E-state index in [1.165, 1.54) is 6.92 Å². The van der Waals surface area contributed by atoms with Crippen molar-refractivity contribution in [1.82, 2.24) is 5.32 Å². The fourth-order valence-electron chi connectivity index (χ4n) is 2.81. The third kappa shape index (κ3) is 2.20.